The molecule has 0 fully saturated rings. The molecule has 1 amide bonds. The number of rotatable bonds is 1. The van der Waals surface area contributed by atoms with E-state index in [4.69, 9.17) is 0 Å². The van der Waals surface area contributed by atoms with E-state index < -0.39 is 17.5 Å². The molecule has 23 heavy (non-hydrogen) atoms. The summed E-state index contributed by atoms with van der Waals surface area (Å²) in [6.45, 7) is 4.05. The number of aryl methyl sites for hydroxylation is 3. The highest BCUT2D eigenvalue weighted by molar-refractivity contribution is 7.16. The lowest BCUT2D eigenvalue weighted by molar-refractivity contribution is 0.0997. The number of carbonyl (C=O) groups excluding carboxylic acids is 1. The van der Waals surface area contributed by atoms with E-state index in [0.717, 1.165) is 33.5 Å². The van der Waals surface area contributed by atoms with Crippen molar-refractivity contribution in [3.05, 3.63) is 63.5 Å². The Labute approximate surface area is 135 Å². The largest absolute Gasteiger partial charge is 0.319 e. The van der Waals surface area contributed by atoms with Gasteiger partial charge < -0.3 is 4.57 Å². The van der Waals surface area contributed by atoms with E-state index in [1.54, 1.807) is 0 Å². The molecule has 0 radical (unpaired) electrons. The summed E-state index contributed by atoms with van der Waals surface area (Å²) in [5, 5.41) is 0. The van der Waals surface area contributed by atoms with E-state index in [-0.39, 0.29) is 5.56 Å². The van der Waals surface area contributed by atoms with Crippen LogP contribution in [0, 0.1) is 25.5 Å². The standard InChI is InChI=1S/C17H14F2N2OS/c1-9-6-14-15(7-10(9)2)23-17(21(14)3)20-16(22)11-4-5-12(18)13(19)8-11/h4-8H,1-3H3. The lowest BCUT2D eigenvalue weighted by Gasteiger charge is -2.01. The summed E-state index contributed by atoms with van der Waals surface area (Å²) in [6.07, 6.45) is 0. The third-order valence-electron chi connectivity index (χ3n) is 3.79. The van der Waals surface area contributed by atoms with Crippen LogP contribution in [0.3, 0.4) is 0 Å². The normalized spacial score (nSPS) is 12.1. The highest BCUT2D eigenvalue weighted by Gasteiger charge is 2.11. The van der Waals surface area contributed by atoms with Crippen molar-refractivity contribution in [2.45, 2.75) is 13.8 Å². The van der Waals surface area contributed by atoms with Gasteiger partial charge in [-0.05, 0) is 55.3 Å². The first-order valence-electron chi connectivity index (χ1n) is 6.97. The van der Waals surface area contributed by atoms with Gasteiger partial charge in [0.1, 0.15) is 0 Å². The minimum atomic E-state index is -1.06. The van der Waals surface area contributed by atoms with Crippen LogP contribution in [0.5, 0.6) is 0 Å². The van der Waals surface area contributed by atoms with Crippen molar-refractivity contribution < 1.29 is 13.6 Å². The first-order valence-corrected chi connectivity index (χ1v) is 7.79. The van der Waals surface area contributed by atoms with Gasteiger partial charge in [-0.2, -0.15) is 4.99 Å². The zero-order chi connectivity index (χ0) is 16.7. The molecule has 0 aliphatic rings. The van der Waals surface area contributed by atoms with Crippen LogP contribution in [-0.4, -0.2) is 10.5 Å². The number of nitrogens with zero attached hydrogens (tertiary/aromatic N) is 2. The van der Waals surface area contributed by atoms with Crippen molar-refractivity contribution in [1.29, 1.82) is 0 Å². The molecule has 2 aromatic carbocycles. The summed E-state index contributed by atoms with van der Waals surface area (Å²) in [6, 6.07) is 7.11. The van der Waals surface area contributed by atoms with E-state index in [1.807, 2.05) is 31.5 Å². The summed E-state index contributed by atoms with van der Waals surface area (Å²) in [5.41, 5.74) is 3.32. The van der Waals surface area contributed by atoms with Gasteiger partial charge in [0.2, 0.25) is 0 Å². The molecule has 0 aliphatic heterocycles. The molecule has 0 saturated heterocycles. The average molecular weight is 332 g/mol. The number of halogens is 2. The molecular formula is C17H14F2N2OS. The smallest absolute Gasteiger partial charge is 0.279 e. The zero-order valence-corrected chi connectivity index (χ0v) is 13.7. The van der Waals surface area contributed by atoms with E-state index in [1.165, 1.54) is 17.4 Å². The highest BCUT2D eigenvalue weighted by Crippen LogP contribution is 2.21. The maximum Gasteiger partial charge on any atom is 0.279 e. The molecule has 0 aliphatic carbocycles. The molecule has 0 N–H and O–H groups in total. The molecule has 3 aromatic rings. The minimum absolute atomic E-state index is 0.0220. The van der Waals surface area contributed by atoms with Crippen molar-refractivity contribution in [3.8, 4) is 0 Å². The second kappa shape index (κ2) is 5.70. The van der Waals surface area contributed by atoms with Crippen LogP contribution in [0.4, 0.5) is 8.78 Å². The summed E-state index contributed by atoms with van der Waals surface area (Å²) in [4.78, 5) is 16.7. The van der Waals surface area contributed by atoms with E-state index >= 15 is 0 Å². The molecule has 1 heterocycles. The van der Waals surface area contributed by atoms with Gasteiger partial charge in [0.05, 0.1) is 10.2 Å². The Morgan fingerprint density at radius 3 is 2.48 bits per heavy atom. The van der Waals surface area contributed by atoms with Crippen LogP contribution < -0.4 is 4.80 Å². The first kappa shape index (κ1) is 15.6. The van der Waals surface area contributed by atoms with Gasteiger partial charge >= 0.3 is 0 Å². The maximum atomic E-state index is 13.2. The van der Waals surface area contributed by atoms with Crippen molar-refractivity contribution >= 4 is 27.5 Å². The number of thiazole rings is 1. The van der Waals surface area contributed by atoms with Crippen molar-refractivity contribution in [3.63, 3.8) is 0 Å². The number of hydrogen-bond donors (Lipinski definition) is 0. The van der Waals surface area contributed by atoms with Gasteiger partial charge in [0, 0.05) is 12.6 Å². The summed E-state index contributed by atoms with van der Waals surface area (Å²) in [5.74, 6) is -2.64. The SMILES string of the molecule is Cc1cc2sc(=NC(=O)c3ccc(F)c(F)c3)n(C)c2cc1C. The molecule has 0 saturated carbocycles. The molecule has 6 heteroatoms. The Hall–Kier alpha value is -2.34. The predicted molar refractivity (Wildman–Crippen MR) is 86.5 cm³/mol. The van der Waals surface area contributed by atoms with Gasteiger partial charge in [-0.25, -0.2) is 8.78 Å². The molecule has 0 spiro atoms. The monoisotopic (exact) mass is 332 g/mol. The fraction of sp³-hybridized carbons (Fsp3) is 0.176. The van der Waals surface area contributed by atoms with Crippen molar-refractivity contribution in [2.24, 2.45) is 12.0 Å². The van der Waals surface area contributed by atoms with Gasteiger partial charge in [0.15, 0.2) is 16.4 Å². The quantitative estimate of drug-likeness (QED) is 0.666. The third kappa shape index (κ3) is 2.82. The fourth-order valence-corrected chi connectivity index (χ4v) is 3.36. The van der Waals surface area contributed by atoms with Crippen molar-refractivity contribution in [1.82, 2.24) is 4.57 Å². The predicted octanol–water partition coefficient (Wildman–Crippen LogP) is 3.88. The van der Waals surface area contributed by atoms with Crippen LogP contribution in [-0.2, 0) is 7.05 Å². The van der Waals surface area contributed by atoms with E-state index in [9.17, 15) is 13.6 Å². The van der Waals surface area contributed by atoms with Gasteiger partial charge in [0.25, 0.3) is 5.91 Å². The Balaban J connectivity index is 2.11. The third-order valence-corrected chi connectivity index (χ3v) is 4.88. The summed E-state index contributed by atoms with van der Waals surface area (Å²) in [7, 11) is 1.82. The maximum absolute atomic E-state index is 13.2. The first-order chi connectivity index (χ1) is 10.9. The van der Waals surface area contributed by atoms with Gasteiger partial charge in [-0.1, -0.05) is 11.3 Å². The minimum Gasteiger partial charge on any atom is -0.319 e. The molecule has 0 atom stereocenters. The molecule has 3 nitrogen and oxygen atoms in total. The Morgan fingerprint density at radius 2 is 1.78 bits per heavy atom. The van der Waals surface area contributed by atoms with Crippen LogP contribution in [0.15, 0.2) is 35.3 Å². The number of carbonyl (C=O) groups is 1. The highest BCUT2D eigenvalue weighted by atomic mass is 32.1. The molecule has 1 aromatic heterocycles. The fourth-order valence-electron chi connectivity index (χ4n) is 2.27. The number of aromatic nitrogens is 1. The van der Waals surface area contributed by atoms with Gasteiger partial charge in [-0.3, -0.25) is 4.79 Å². The van der Waals surface area contributed by atoms with Crippen LogP contribution in [0.1, 0.15) is 21.5 Å². The molecule has 118 valence electrons. The Morgan fingerprint density at radius 1 is 1.09 bits per heavy atom. The van der Waals surface area contributed by atoms with E-state index in [2.05, 4.69) is 11.1 Å². The zero-order valence-electron chi connectivity index (χ0n) is 12.9. The van der Waals surface area contributed by atoms with Gasteiger partial charge in [-0.15, -0.1) is 0 Å². The van der Waals surface area contributed by atoms with E-state index in [0.29, 0.717) is 4.80 Å². The Kier molecular flexibility index (Phi) is 3.85. The number of hydrogen-bond acceptors (Lipinski definition) is 2. The van der Waals surface area contributed by atoms with Crippen LogP contribution >= 0.6 is 11.3 Å². The molecule has 0 bridgehead atoms. The molecular weight excluding hydrogens is 318 g/mol. The topological polar surface area (TPSA) is 34.4 Å². The average Bonchev–Trinajstić information content (AvgIpc) is 2.79. The lowest BCUT2D eigenvalue weighted by atomic mass is 10.1. The molecule has 3 rings (SSSR count). The number of fused-ring (bicyclic) bond motifs is 1. The van der Waals surface area contributed by atoms with Crippen molar-refractivity contribution in [2.75, 3.05) is 0 Å². The van der Waals surface area contributed by atoms with Crippen LogP contribution in [0.25, 0.3) is 10.2 Å². The number of amides is 1. The molecule has 0 unspecified atom stereocenters. The lowest BCUT2D eigenvalue weighted by Crippen LogP contribution is -2.13. The van der Waals surface area contributed by atoms with Crippen LogP contribution in [0.2, 0.25) is 0 Å². The summed E-state index contributed by atoms with van der Waals surface area (Å²) < 4.78 is 29.0. The summed E-state index contributed by atoms with van der Waals surface area (Å²) >= 11 is 1.38. The number of benzene rings is 2. The second-order valence-electron chi connectivity index (χ2n) is 5.39. The Bertz CT molecular complexity index is 1000. The second-order valence-corrected chi connectivity index (χ2v) is 6.40.